The number of rotatable bonds is 6. The summed E-state index contributed by atoms with van der Waals surface area (Å²) in [6.45, 7) is 7.66. The van der Waals surface area contributed by atoms with Crippen LogP contribution in [0.1, 0.15) is 33.6 Å². The number of hydrogen-bond acceptors (Lipinski definition) is 3. The number of unbranched alkanes of at least 4 members (excludes halogenated alkanes) is 1. The molecule has 1 heterocycles. The molecule has 17 heavy (non-hydrogen) atoms. The minimum atomic E-state index is -0.460. The van der Waals surface area contributed by atoms with Gasteiger partial charge in [-0.1, -0.05) is 13.3 Å². The highest BCUT2D eigenvalue weighted by Crippen LogP contribution is 2.30. The lowest BCUT2D eigenvalue weighted by Gasteiger charge is -2.48. The fourth-order valence-electron chi connectivity index (χ4n) is 1.98. The zero-order chi connectivity index (χ0) is 13.1. The smallest absolute Gasteiger partial charge is 0.237 e. The van der Waals surface area contributed by atoms with E-state index in [9.17, 15) is 9.59 Å². The first-order valence-corrected chi connectivity index (χ1v) is 6.22. The van der Waals surface area contributed by atoms with E-state index in [-0.39, 0.29) is 17.9 Å². The monoisotopic (exact) mass is 241 g/mol. The predicted molar refractivity (Wildman–Crippen MR) is 66.3 cm³/mol. The van der Waals surface area contributed by atoms with E-state index in [4.69, 9.17) is 5.73 Å². The molecule has 0 aromatic heterocycles. The Morgan fingerprint density at radius 3 is 2.53 bits per heavy atom. The van der Waals surface area contributed by atoms with Crippen LogP contribution in [0, 0.1) is 5.41 Å². The van der Waals surface area contributed by atoms with Crippen LogP contribution in [0.4, 0.5) is 0 Å². The molecule has 0 radical (unpaired) electrons. The average Bonchev–Trinajstić information content (AvgIpc) is 2.23. The van der Waals surface area contributed by atoms with Crippen LogP contribution >= 0.6 is 0 Å². The first kappa shape index (κ1) is 14.0. The second-order valence-electron chi connectivity index (χ2n) is 5.15. The number of hydrogen-bond donors (Lipinski definition) is 2. The van der Waals surface area contributed by atoms with Crippen molar-refractivity contribution in [1.29, 1.82) is 0 Å². The quantitative estimate of drug-likeness (QED) is 0.648. The fraction of sp³-hybridized carbons (Fsp3) is 0.833. The minimum Gasteiger partial charge on any atom is -0.369 e. The fourth-order valence-corrected chi connectivity index (χ4v) is 1.98. The van der Waals surface area contributed by atoms with Crippen LogP contribution in [-0.4, -0.2) is 42.4 Å². The summed E-state index contributed by atoms with van der Waals surface area (Å²) < 4.78 is 0. The van der Waals surface area contributed by atoms with Gasteiger partial charge in [0.2, 0.25) is 11.8 Å². The molecule has 1 unspecified atom stereocenters. The van der Waals surface area contributed by atoms with Gasteiger partial charge in [0.15, 0.2) is 0 Å². The van der Waals surface area contributed by atoms with Crippen molar-refractivity contribution in [3.8, 4) is 0 Å². The summed E-state index contributed by atoms with van der Waals surface area (Å²) in [7, 11) is 0. The molecule has 3 N–H and O–H groups in total. The molecule has 0 spiro atoms. The molecule has 98 valence electrons. The van der Waals surface area contributed by atoms with Crippen LogP contribution in [-0.2, 0) is 9.59 Å². The largest absolute Gasteiger partial charge is 0.369 e. The topological polar surface area (TPSA) is 75.4 Å². The van der Waals surface area contributed by atoms with E-state index >= 15 is 0 Å². The zero-order valence-corrected chi connectivity index (χ0v) is 11.0. The van der Waals surface area contributed by atoms with Crippen LogP contribution in [0.15, 0.2) is 0 Å². The first-order chi connectivity index (χ1) is 7.90. The van der Waals surface area contributed by atoms with Gasteiger partial charge in [-0.25, -0.2) is 0 Å². The highest BCUT2D eigenvalue weighted by Gasteiger charge is 2.46. The number of amides is 2. The van der Waals surface area contributed by atoms with Gasteiger partial charge in [-0.15, -0.1) is 0 Å². The Bertz CT molecular complexity index is 298. The number of carbonyl (C=O) groups excluding carboxylic acids is 2. The van der Waals surface area contributed by atoms with Crippen LogP contribution in [0.5, 0.6) is 0 Å². The summed E-state index contributed by atoms with van der Waals surface area (Å²) in [6, 6.07) is -0.181. The minimum absolute atomic E-state index is 0.0324. The molecular weight excluding hydrogens is 218 g/mol. The second-order valence-corrected chi connectivity index (χ2v) is 5.15. The summed E-state index contributed by atoms with van der Waals surface area (Å²) in [5.74, 6) is -0.252. The maximum Gasteiger partial charge on any atom is 0.237 e. The Hall–Kier alpha value is -1.10. The third-order valence-electron chi connectivity index (χ3n) is 3.46. The standard InChI is InChI=1S/C12H23N3O2/c1-4-5-6-14-10(16)9(2)15-7-12(3,8-15)11(13)17/h9H,4-8H2,1-3H3,(H2,13,17)(H,14,16). The maximum absolute atomic E-state index is 11.8. The van der Waals surface area contributed by atoms with Crippen molar-refractivity contribution in [3.05, 3.63) is 0 Å². The molecule has 5 heteroatoms. The van der Waals surface area contributed by atoms with Gasteiger partial charge in [-0.2, -0.15) is 0 Å². The summed E-state index contributed by atoms with van der Waals surface area (Å²) in [5, 5.41) is 2.89. The summed E-state index contributed by atoms with van der Waals surface area (Å²) >= 11 is 0. The van der Waals surface area contributed by atoms with E-state index in [0.717, 1.165) is 19.4 Å². The van der Waals surface area contributed by atoms with Gasteiger partial charge >= 0.3 is 0 Å². The molecule has 0 aromatic carbocycles. The van der Waals surface area contributed by atoms with Crippen molar-refractivity contribution >= 4 is 11.8 Å². The lowest BCUT2D eigenvalue weighted by molar-refractivity contribution is -0.144. The van der Waals surface area contributed by atoms with Gasteiger partial charge in [-0.05, 0) is 20.3 Å². The molecule has 1 rings (SSSR count). The lowest BCUT2D eigenvalue weighted by Crippen LogP contribution is -2.65. The molecule has 1 atom stereocenters. The van der Waals surface area contributed by atoms with Gasteiger partial charge in [-0.3, -0.25) is 14.5 Å². The molecule has 1 fully saturated rings. The van der Waals surface area contributed by atoms with Crippen LogP contribution in [0.3, 0.4) is 0 Å². The predicted octanol–water partition coefficient (Wildman–Crippen LogP) is 0.0984. The molecule has 5 nitrogen and oxygen atoms in total. The van der Waals surface area contributed by atoms with Crippen LogP contribution in [0.25, 0.3) is 0 Å². The molecular formula is C12H23N3O2. The Morgan fingerprint density at radius 2 is 2.06 bits per heavy atom. The average molecular weight is 241 g/mol. The van der Waals surface area contributed by atoms with E-state index in [2.05, 4.69) is 12.2 Å². The van der Waals surface area contributed by atoms with Crippen molar-refractivity contribution in [2.24, 2.45) is 11.1 Å². The molecule has 0 saturated carbocycles. The summed E-state index contributed by atoms with van der Waals surface area (Å²) in [6.07, 6.45) is 2.07. The molecule has 0 bridgehead atoms. The molecule has 2 amide bonds. The number of nitrogens with zero attached hydrogens (tertiary/aromatic N) is 1. The number of nitrogens with one attached hydrogen (secondary N) is 1. The number of likely N-dealkylation sites (tertiary alicyclic amines) is 1. The number of primary amides is 1. The SMILES string of the molecule is CCCCNC(=O)C(C)N1CC(C)(C(N)=O)C1. The third kappa shape index (κ3) is 3.19. The van der Waals surface area contributed by atoms with Gasteiger partial charge in [0.05, 0.1) is 11.5 Å². The van der Waals surface area contributed by atoms with Crippen LogP contribution < -0.4 is 11.1 Å². The van der Waals surface area contributed by atoms with E-state index < -0.39 is 5.41 Å². The Kier molecular flexibility index (Phi) is 4.51. The number of carbonyl (C=O) groups is 2. The van der Waals surface area contributed by atoms with Crippen molar-refractivity contribution in [2.45, 2.75) is 39.7 Å². The Balaban J connectivity index is 2.33. The summed E-state index contributed by atoms with van der Waals surface area (Å²) in [4.78, 5) is 24.9. The lowest BCUT2D eigenvalue weighted by atomic mass is 9.80. The summed E-state index contributed by atoms with van der Waals surface area (Å²) in [5.41, 5.74) is 4.84. The Morgan fingerprint density at radius 1 is 1.47 bits per heavy atom. The molecule has 0 aromatic rings. The molecule has 1 aliphatic rings. The molecule has 1 aliphatic heterocycles. The highest BCUT2D eigenvalue weighted by atomic mass is 16.2. The number of nitrogens with two attached hydrogens (primary N) is 1. The molecule has 0 aliphatic carbocycles. The normalized spacial score (nSPS) is 20.4. The van der Waals surface area contributed by atoms with Crippen molar-refractivity contribution < 1.29 is 9.59 Å². The highest BCUT2D eigenvalue weighted by molar-refractivity contribution is 5.84. The Labute approximate surface area is 103 Å². The van der Waals surface area contributed by atoms with E-state index in [1.807, 2.05) is 18.7 Å². The van der Waals surface area contributed by atoms with Gasteiger partial charge < -0.3 is 11.1 Å². The van der Waals surface area contributed by atoms with E-state index in [1.54, 1.807) is 0 Å². The van der Waals surface area contributed by atoms with Gasteiger partial charge in [0, 0.05) is 19.6 Å². The van der Waals surface area contributed by atoms with Gasteiger partial charge in [0.25, 0.3) is 0 Å². The third-order valence-corrected chi connectivity index (χ3v) is 3.46. The van der Waals surface area contributed by atoms with Crippen molar-refractivity contribution in [3.63, 3.8) is 0 Å². The van der Waals surface area contributed by atoms with Crippen molar-refractivity contribution in [1.82, 2.24) is 10.2 Å². The first-order valence-electron chi connectivity index (χ1n) is 6.22. The molecule has 1 saturated heterocycles. The van der Waals surface area contributed by atoms with E-state index in [0.29, 0.717) is 13.1 Å². The van der Waals surface area contributed by atoms with Crippen LogP contribution in [0.2, 0.25) is 0 Å². The zero-order valence-electron chi connectivity index (χ0n) is 11.0. The maximum atomic E-state index is 11.8. The van der Waals surface area contributed by atoms with Crippen molar-refractivity contribution in [2.75, 3.05) is 19.6 Å². The van der Waals surface area contributed by atoms with E-state index in [1.165, 1.54) is 0 Å². The second kappa shape index (κ2) is 5.49. The van der Waals surface area contributed by atoms with Gasteiger partial charge in [0.1, 0.15) is 0 Å².